The van der Waals surface area contributed by atoms with Crippen LogP contribution in [0.2, 0.25) is 0 Å². The van der Waals surface area contributed by atoms with Crippen LogP contribution in [0.25, 0.3) is 0 Å². The number of likely N-dealkylation sites (N-methyl/N-ethyl adjacent to an activating group) is 1. The second-order valence-corrected chi connectivity index (χ2v) is 11.1. The van der Waals surface area contributed by atoms with Crippen molar-refractivity contribution in [2.24, 2.45) is 0 Å². The predicted octanol–water partition coefficient (Wildman–Crippen LogP) is 1.64. The number of rotatable bonds is 11. The summed E-state index contributed by atoms with van der Waals surface area (Å²) in [6.45, 7) is 2.87. The number of aromatic amines is 1. The van der Waals surface area contributed by atoms with Crippen LogP contribution in [-0.4, -0.2) is 90.9 Å². The van der Waals surface area contributed by atoms with E-state index in [1.807, 2.05) is 14.1 Å². The first kappa shape index (κ1) is 36.5. The van der Waals surface area contributed by atoms with Crippen molar-refractivity contribution in [3.63, 3.8) is 0 Å². The van der Waals surface area contributed by atoms with Gasteiger partial charge < -0.3 is 29.0 Å². The number of hydrogen-bond acceptors (Lipinski definition) is 10. The van der Waals surface area contributed by atoms with E-state index in [0.29, 0.717) is 47.3 Å². The number of anilines is 2. The molecule has 0 saturated carbocycles. The predicted molar refractivity (Wildman–Crippen MR) is 160 cm³/mol. The summed E-state index contributed by atoms with van der Waals surface area (Å²) < 4.78 is 53.2. The van der Waals surface area contributed by atoms with Gasteiger partial charge in [-0.25, -0.2) is 19.3 Å². The summed E-state index contributed by atoms with van der Waals surface area (Å²) in [4.78, 5) is 36.3. The van der Waals surface area contributed by atoms with Crippen LogP contribution in [0.1, 0.15) is 35.2 Å². The lowest BCUT2D eigenvalue weighted by Gasteiger charge is -2.36. The fourth-order valence-corrected chi connectivity index (χ4v) is 5.25. The molecule has 2 aromatic carbocycles. The van der Waals surface area contributed by atoms with Crippen molar-refractivity contribution < 1.29 is 46.9 Å². The van der Waals surface area contributed by atoms with Crippen molar-refractivity contribution in [1.29, 1.82) is 5.26 Å². The fourth-order valence-electron chi connectivity index (χ4n) is 5.25. The molecule has 252 valence electrons. The number of allylic oxidation sites excluding steroid dienone is 1. The van der Waals surface area contributed by atoms with Crippen LogP contribution < -0.4 is 15.7 Å². The molecule has 1 aliphatic heterocycles. The third-order valence-corrected chi connectivity index (χ3v) is 7.61. The number of methoxy groups -OCH3 is 1. The first-order valence-electron chi connectivity index (χ1n) is 14.3. The quantitative estimate of drug-likeness (QED) is 0.133. The maximum absolute atomic E-state index is 13.6. The van der Waals surface area contributed by atoms with E-state index in [1.165, 1.54) is 28.7 Å². The molecule has 1 aliphatic rings. The summed E-state index contributed by atoms with van der Waals surface area (Å²) in [6.07, 6.45) is -4.18. The van der Waals surface area contributed by atoms with Crippen LogP contribution >= 0.6 is 0 Å². The van der Waals surface area contributed by atoms with Gasteiger partial charge >= 0.3 is 17.8 Å². The standard InChI is InChI=1S/C30H33F3N6O5.CH2O2/c1-19-25(27(41)43-4)26(24-9-8-20(18-34)16-21(24)10-11-39(2,3)12-14-44-15-13-40)38-28(35-36-29(38)42)37(19)23-7-5-6-22(17-23)30(31,32)33;2-1-3/h5-9,16-17,26,40H,10-15H2,1-4H3;1H,(H,2,3). The molecule has 0 amide bonds. The minimum absolute atomic E-state index is 0.0167. The summed E-state index contributed by atoms with van der Waals surface area (Å²) in [5, 5.41) is 33.4. The molecule has 3 aromatic rings. The van der Waals surface area contributed by atoms with Crippen LogP contribution in [0.4, 0.5) is 24.8 Å². The third kappa shape index (κ3) is 8.44. The topological polar surface area (TPSA) is 174 Å². The lowest BCUT2D eigenvalue weighted by molar-refractivity contribution is -0.890. The monoisotopic (exact) mass is 660 g/mol. The van der Waals surface area contributed by atoms with Crippen LogP contribution in [0.5, 0.6) is 0 Å². The summed E-state index contributed by atoms with van der Waals surface area (Å²) in [6, 6.07) is 10.5. The van der Waals surface area contributed by atoms with E-state index in [0.717, 1.165) is 12.1 Å². The number of nitriles is 1. The molecule has 2 N–H and O–H groups in total. The molecule has 13 nitrogen and oxygen atoms in total. The number of aliphatic hydroxyl groups is 1. The first-order chi connectivity index (χ1) is 22.2. The molecule has 0 aliphatic carbocycles. The molecule has 0 saturated heterocycles. The summed E-state index contributed by atoms with van der Waals surface area (Å²) in [7, 11) is 5.19. The van der Waals surface area contributed by atoms with Gasteiger partial charge in [-0.3, -0.25) is 4.90 Å². The Bertz CT molecular complexity index is 1710. The second kappa shape index (κ2) is 15.5. The van der Waals surface area contributed by atoms with E-state index >= 15 is 0 Å². The van der Waals surface area contributed by atoms with Crippen LogP contribution in [0.15, 0.2) is 58.5 Å². The highest BCUT2D eigenvalue weighted by Gasteiger charge is 2.41. The zero-order valence-electron chi connectivity index (χ0n) is 26.2. The van der Waals surface area contributed by atoms with Crippen LogP contribution in [0.3, 0.4) is 0 Å². The van der Waals surface area contributed by atoms with Gasteiger partial charge in [0, 0.05) is 24.3 Å². The number of ether oxygens (including phenoxy) is 2. The fraction of sp³-hybridized carbons (Fsp3) is 0.387. The SMILES string of the molecule is COC(=O)C1=C(C)N(c2cccc(C(F)(F)F)c2)c2n[nH]c(=O)n2C1c1ccc(C#N)cc1CC[N+](C)(C)CCOCCO.O=C[O-]. The van der Waals surface area contributed by atoms with Gasteiger partial charge in [0.2, 0.25) is 5.95 Å². The van der Waals surface area contributed by atoms with Gasteiger partial charge in [0.05, 0.1) is 70.3 Å². The summed E-state index contributed by atoms with van der Waals surface area (Å²) in [5.74, 6) is -0.799. The molecule has 16 heteroatoms. The van der Waals surface area contributed by atoms with E-state index in [4.69, 9.17) is 24.5 Å². The number of fused-ring (bicyclic) bond motifs is 1. The number of H-pyrrole nitrogens is 1. The molecule has 1 atom stereocenters. The lowest BCUT2D eigenvalue weighted by Crippen LogP contribution is -2.44. The Labute approximate surface area is 268 Å². The van der Waals surface area contributed by atoms with Gasteiger partial charge in [0.25, 0.3) is 0 Å². The minimum Gasteiger partial charge on any atom is -0.554 e. The number of hydrogen-bond donors (Lipinski definition) is 2. The molecule has 4 rings (SSSR count). The maximum atomic E-state index is 13.6. The number of nitrogens with one attached hydrogen (secondary N) is 1. The van der Waals surface area contributed by atoms with Gasteiger partial charge in [-0.05, 0) is 48.4 Å². The Hall–Kier alpha value is -4.98. The Kier molecular flexibility index (Phi) is 12.1. The lowest BCUT2D eigenvalue weighted by atomic mass is 9.89. The van der Waals surface area contributed by atoms with Crippen molar-refractivity contribution in [1.82, 2.24) is 14.8 Å². The Morgan fingerprint density at radius 2 is 1.91 bits per heavy atom. The number of carbonyl (C=O) groups is 2. The second-order valence-electron chi connectivity index (χ2n) is 11.1. The van der Waals surface area contributed by atoms with Gasteiger partial charge in [0.15, 0.2) is 0 Å². The normalized spacial score (nSPS) is 14.5. The largest absolute Gasteiger partial charge is 0.554 e. The number of carbonyl (C=O) groups excluding carboxylic acids is 2. The number of quaternary nitrogens is 1. The van der Waals surface area contributed by atoms with Crippen molar-refractivity contribution in [2.75, 3.05) is 59.0 Å². The van der Waals surface area contributed by atoms with E-state index in [9.17, 15) is 28.0 Å². The van der Waals surface area contributed by atoms with Gasteiger partial charge in [-0.2, -0.15) is 18.4 Å². The Balaban J connectivity index is 0.00000192. The summed E-state index contributed by atoms with van der Waals surface area (Å²) in [5.41, 5.74) is 0.292. The molecule has 1 aromatic heterocycles. The zero-order valence-corrected chi connectivity index (χ0v) is 26.2. The Morgan fingerprint density at radius 1 is 1.21 bits per heavy atom. The average Bonchev–Trinajstić information content (AvgIpc) is 3.41. The van der Waals surface area contributed by atoms with E-state index in [-0.39, 0.29) is 36.1 Å². The molecule has 1 unspecified atom stereocenters. The van der Waals surface area contributed by atoms with Crippen molar-refractivity contribution in [3.05, 3.63) is 86.5 Å². The van der Waals surface area contributed by atoms with E-state index < -0.39 is 35.9 Å². The van der Waals surface area contributed by atoms with Crippen molar-refractivity contribution in [3.8, 4) is 6.07 Å². The van der Waals surface area contributed by atoms with E-state index in [1.54, 1.807) is 25.1 Å². The van der Waals surface area contributed by atoms with Gasteiger partial charge in [-0.1, -0.05) is 12.1 Å². The van der Waals surface area contributed by atoms with Gasteiger partial charge in [-0.15, -0.1) is 5.10 Å². The number of benzene rings is 2. The number of halogens is 3. The highest BCUT2D eigenvalue weighted by atomic mass is 19.4. The molecule has 0 bridgehead atoms. The Morgan fingerprint density at radius 3 is 2.53 bits per heavy atom. The zero-order chi connectivity index (χ0) is 34.9. The molecule has 2 heterocycles. The number of carboxylic acid groups (broad SMARTS) is 1. The highest BCUT2D eigenvalue weighted by Crippen LogP contribution is 2.43. The number of esters is 1. The molecular weight excluding hydrogens is 625 g/mol. The number of nitrogens with zero attached hydrogens (tertiary/aromatic N) is 5. The summed E-state index contributed by atoms with van der Waals surface area (Å²) >= 11 is 0. The minimum atomic E-state index is -4.63. The van der Waals surface area contributed by atoms with Crippen LogP contribution in [0, 0.1) is 11.3 Å². The molecule has 0 spiro atoms. The number of alkyl halides is 3. The average molecular weight is 661 g/mol. The van der Waals surface area contributed by atoms with E-state index in [2.05, 4.69) is 16.3 Å². The molecule has 0 fully saturated rings. The third-order valence-electron chi connectivity index (χ3n) is 7.61. The number of aliphatic hydroxyl groups excluding tert-OH is 1. The highest BCUT2D eigenvalue weighted by molar-refractivity contribution is 5.93. The molecular formula is C31H35F3N6O7. The van der Waals surface area contributed by atoms with Crippen molar-refractivity contribution in [2.45, 2.75) is 25.6 Å². The molecule has 0 radical (unpaired) electrons. The first-order valence-corrected chi connectivity index (χ1v) is 14.3. The van der Waals surface area contributed by atoms with Crippen molar-refractivity contribution >= 4 is 24.1 Å². The smallest absolute Gasteiger partial charge is 0.416 e. The maximum Gasteiger partial charge on any atom is 0.416 e. The molecule has 47 heavy (non-hydrogen) atoms. The number of aromatic nitrogens is 3. The van der Waals surface area contributed by atoms with Gasteiger partial charge in [0.1, 0.15) is 12.6 Å². The van der Waals surface area contributed by atoms with Crippen LogP contribution in [-0.2, 0) is 31.7 Å².